The maximum Gasteiger partial charge on any atom is 0.301 e. The van der Waals surface area contributed by atoms with Crippen molar-refractivity contribution in [2.24, 2.45) is 5.84 Å². The second kappa shape index (κ2) is 5.54. The number of hydrazine groups is 1. The fourth-order valence-corrected chi connectivity index (χ4v) is 2.77. The molecule has 2 unspecified atom stereocenters. The first kappa shape index (κ1) is 13.1. The lowest BCUT2D eigenvalue weighted by Crippen LogP contribution is -2.35. The van der Waals surface area contributed by atoms with Crippen molar-refractivity contribution in [1.29, 1.82) is 0 Å². The van der Waals surface area contributed by atoms with E-state index in [0.29, 0.717) is 17.8 Å². The summed E-state index contributed by atoms with van der Waals surface area (Å²) in [4.78, 5) is 14.0. The third kappa shape index (κ3) is 2.42. The molecule has 1 aromatic heterocycles. The Hall–Kier alpha value is -1.33. The van der Waals surface area contributed by atoms with Gasteiger partial charge in [0, 0.05) is 24.2 Å². The minimum absolute atomic E-state index is 0.325. The molecule has 3 N–H and O–H groups in total. The van der Waals surface area contributed by atoms with Crippen LogP contribution in [-0.4, -0.2) is 22.9 Å². The van der Waals surface area contributed by atoms with Crippen molar-refractivity contribution < 1.29 is 9.21 Å². The maximum absolute atomic E-state index is 11.6. The third-order valence-corrected chi connectivity index (χ3v) is 3.86. The third-order valence-electron chi connectivity index (χ3n) is 3.86. The number of carbonyl (C=O) groups is 1. The van der Waals surface area contributed by atoms with Gasteiger partial charge in [-0.05, 0) is 32.3 Å². The molecule has 1 aliphatic heterocycles. The number of nitrogens with zero attached hydrogens (tertiary/aromatic N) is 1. The second-order valence-corrected chi connectivity index (χ2v) is 4.91. The van der Waals surface area contributed by atoms with Gasteiger partial charge in [0.25, 0.3) is 0 Å². The van der Waals surface area contributed by atoms with E-state index in [9.17, 15) is 4.79 Å². The van der Waals surface area contributed by atoms with Crippen molar-refractivity contribution in [1.82, 2.24) is 10.3 Å². The van der Waals surface area contributed by atoms with E-state index in [1.165, 1.54) is 12.8 Å². The predicted octanol–water partition coefficient (Wildman–Crippen LogP) is 1.65. The van der Waals surface area contributed by atoms with E-state index < -0.39 is 0 Å². The van der Waals surface area contributed by atoms with E-state index in [2.05, 4.69) is 24.2 Å². The van der Waals surface area contributed by atoms with Crippen LogP contribution in [-0.2, 0) is 6.54 Å². The van der Waals surface area contributed by atoms with Gasteiger partial charge in [0.2, 0.25) is 0 Å². The summed E-state index contributed by atoms with van der Waals surface area (Å²) in [7, 11) is 0. The number of nitrogen functional groups attached to an aromatic ring is 1. The average Bonchev–Trinajstić information content (AvgIpc) is 2.97. The van der Waals surface area contributed by atoms with Crippen LogP contribution in [0.3, 0.4) is 0 Å². The van der Waals surface area contributed by atoms with Crippen LogP contribution in [0.2, 0.25) is 0 Å². The van der Waals surface area contributed by atoms with Crippen molar-refractivity contribution in [3.63, 3.8) is 0 Å². The second-order valence-electron chi connectivity index (χ2n) is 4.91. The topological polar surface area (TPSA) is 71.5 Å². The number of carbonyl (C=O) groups excluding carboxylic acids is 1. The van der Waals surface area contributed by atoms with Gasteiger partial charge < -0.3 is 4.42 Å². The van der Waals surface area contributed by atoms with Crippen molar-refractivity contribution in [2.45, 2.75) is 51.7 Å². The molecule has 0 aliphatic carbocycles. The number of hydrogen-bond donors (Lipinski definition) is 2. The quantitative estimate of drug-likeness (QED) is 0.485. The molecule has 0 radical (unpaired) electrons. The lowest BCUT2D eigenvalue weighted by atomic mass is 10.1. The standard InChI is InChI=1S/C13H21N3O2/c1-3-11-5-4-9(2)16(11)8-10-6-7-18-12(10)13(17)15-14/h6-7,9,11H,3-5,8,14H2,1-2H3,(H,15,17). The smallest absolute Gasteiger partial charge is 0.301 e. The Kier molecular flexibility index (Phi) is 4.04. The zero-order chi connectivity index (χ0) is 13.1. The molecule has 2 atom stereocenters. The molecule has 2 heterocycles. The Balaban J connectivity index is 2.13. The number of amides is 1. The molecule has 2 rings (SSSR count). The number of nitrogens with one attached hydrogen (secondary N) is 1. The van der Waals surface area contributed by atoms with Crippen LogP contribution >= 0.6 is 0 Å². The highest BCUT2D eigenvalue weighted by Crippen LogP contribution is 2.28. The van der Waals surface area contributed by atoms with Gasteiger partial charge in [-0.2, -0.15) is 0 Å². The van der Waals surface area contributed by atoms with Gasteiger partial charge >= 0.3 is 5.91 Å². The van der Waals surface area contributed by atoms with E-state index in [-0.39, 0.29) is 5.91 Å². The van der Waals surface area contributed by atoms with Gasteiger partial charge in [0.15, 0.2) is 5.76 Å². The summed E-state index contributed by atoms with van der Waals surface area (Å²) in [6, 6.07) is 3.00. The Morgan fingerprint density at radius 3 is 3.06 bits per heavy atom. The molecule has 1 amide bonds. The molecule has 0 spiro atoms. The van der Waals surface area contributed by atoms with Crippen molar-refractivity contribution >= 4 is 5.91 Å². The molecule has 1 aromatic rings. The van der Waals surface area contributed by atoms with Crippen LogP contribution in [0, 0.1) is 0 Å². The van der Waals surface area contributed by atoms with Gasteiger partial charge in [0.1, 0.15) is 0 Å². The summed E-state index contributed by atoms with van der Waals surface area (Å²) >= 11 is 0. The molecule has 100 valence electrons. The highest BCUT2D eigenvalue weighted by atomic mass is 16.3. The van der Waals surface area contributed by atoms with Crippen LogP contribution in [0.25, 0.3) is 0 Å². The lowest BCUT2D eigenvalue weighted by Gasteiger charge is -2.27. The molecular weight excluding hydrogens is 230 g/mol. The lowest BCUT2D eigenvalue weighted by molar-refractivity contribution is 0.0921. The first-order valence-corrected chi connectivity index (χ1v) is 6.50. The fourth-order valence-electron chi connectivity index (χ4n) is 2.77. The summed E-state index contributed by atoms with van der Waals surface area (Å²) < 4.78 is 5.21. The van der Waals surface area contributed by atoms with Gasteiger partial charge in [-0.15, -0.1) is 0 Å². The monoisotopic (exact) mass is 251 g/mol. The first-order chi connectivity index (χ1) is 8.67. The predicted molar refractivity (Wildman–Crippen MR) is 68.7 cm³/mol. The number of hydrogen-bond acceptors (Lipinski definition) is 4. The minimum Gasteiger partial charge on any atom is -0.459 e. The summed E-state index contributed by atoms with van der Waals surface area (Å²) in [6.45, 7) is 5.19. The Morgan fingerprint density at radius 2 is 2.39 bits per heavy atom. The van der Waals surface area contributed by atoms with Crippen LogP contribution in [0.5, 0.6) is 0 Å². The van der Waals surface area contributed by atoms with Crippen LogP contribution < -0.4 is 11.3 Å². The van der Waals surface area contributed by atoms with Crippen LogP contribution in [0.4, 0.5) is 0 Å². The van der Waals surface area contributed by atoms with Gasteiger partial charge in [0.05, 0.1) is 6.26 Å². The first-order valence-electron chi connectivity index (χ1n) is 6.50. The molecule has 0 bridgehead atoms. The largest absolute Gasteiger partial charge is 0.459 e. The highest BCUT2D eigenvalue weighted by molar-refractivity contribution is 5.92. The molecule has 1 aliphatic rings. The summed E-state index contributed by atoms with van der Waals surface area (Å²) in [5.41, 5.74) is 3.03. The van der Waals surface area contributed by atoms with Crippen molar-refractivity contribution in [3.05, 3.63) is 23.7 Å². The van der Waals surface area contributed by atoms with Gasteiger partial charge in [-0.1, -0.05) is 6.92 Å². The maximum atomic E-state index is 11.6. The Bertz CT molecular complexity index is 416. The summed E-state index contributed by atoms with van der Waals surface area (Å²) in [6.07, 6.45) is 5.13. The molecule has 5 heteroatoms. The summed E-state index contributed by atoms with van der Waals surface area (Å²) in [5, 5.41) is 0. The van der Waals surface area contributed by atoms with E-state index >= 15 is 0 Å². The van der Waals surface area contributed by atoms with Crippen LogP contribution in [0.1, 0.15) is 49.2 Å². The van der Waals surface area contributed by atoms with Crippen LogP contribution in [0.15, 0.2) is 16.7 Å². The average molecular weight is 251 g/mol. The SMILES string of the molecule is CCC1CCC(C)N1Cc1ccoc1C(=O)NN. The minimum atomic E-state index is -0.366. The number of furan rings is 1. The molecule has 1 fully saturated rings. The molecule has 0 aromatic carbocycles. The number of rotatable bonds is 4. The van der Waals surface area contributed by atoms with Gasteiger partial charge in [-0.25, -0.2) is 5.84 Å². The zero-order valence-corrected chi connectivity index (χ0v) is 11.0. The van der Waals surface area contributed by atoms with E-state index in [1.807, 2.05) is 6.07 Å². The van der Waals surface area contributed by atoms with Crippen molar-refractivity contribution in [3.8, 4) is 0 Å². The number of likely N-dealkylation sites (tertiary alicyclic amines) is 1. The van der Waals surface area contributed by atoms with Gasteiger partial charge in [-0.3, -0.25) is 15.1 Å². The van der Waals surface area contributed by atoms with Crippen molar-refractivity contribution in [2.75, 3.05) is 0 Å². The van der Waals surface area contributed by atoms with E-state index in [1.54, 1.807) is 6.26 Å². The normalized spacial score (nSPS) is 24.4. The van der Waals surface area contributed by atoms with E-state index in [0.717, 1.165) is 18.5 Å². The Labute approximate surface area is 107 Å². The highest BCUT2D eigenvalue weighted by Gasteiger charge is 2.30. The zero-order valence-electron chi connectivity index (χ0n) is 11.0. The number of nitrogens with two attached hydrogens (primary N) is 1. The van der Waals surface area contributed by atoms with E-state index in [4.69, 9.17) is 10.3 Å². The Morgan fingerprint density at radius 1 is 1.61 bits per heavy atom. The molecule has 5 nitrogen and oxygen atoms in total. The summed E-state index contributed by atoms with van der Waals surface area (Å²) in [5.74, 6) is 5.11. The molecular formula is C13H21N3O2. The molecule has 1 saturated heterocycles. The fraction of sp³-hybridized carbons (Fsp3) is 0.615. The molecule has 0 saturated carbocycles. The molecule has 18 heavy (non-hydrogen) atoms.